The molecule has 1 atom stereocenters. The number of carbonyl (C=O) groups excluding carboxylic acids is 2. The number of nitrogens with zero attached hydrogens (tertiary/aromatic N) is 1. The van der Waals surface area contributed by atoms with Crippen molar-refractivity contribution in [2.24, 2.45) is 5.92 Å². The zero-order valence-corrected chi connectivity index (χ0v) is 14.7. The lowest BCUT2D eigenvalue weighted by Gasteiger charge is -2.32. The van der Waals surface area contributed by atoms with Crippen molar-refractivity contribution in [2.45, 2.75) is 26.2 Å². The molecule has 1 aromatic carbocycles. The molecule has 126 valence electrons. The van der Waals surface area contributed by atoms with E-state index in [4.69, 9.17) is 0 Å². The summed E-state index contributed by atoms with van der Waals surface area (Å²) in [6.45, 7) is 3.59. The second kappa shape index (κ2) is 8.29. The molecule has 0 spiro atoms. The minimum absolute atomic E-state index is 0.0171. The fraction of sp³-hybridized carbons (Fsp3) is 0.500. The van der Waals surface area contributed by atoms with Gasteiger partial charge in [-0.3, -0.25) is 4.79 Å². The van der Waals surface area contributed by atoms with E-state index in [9.17, 15) is 14.0 Å². The molecule has 1 fully saturated rings. The third-order valence-electron chi connectivity index (χ3n) is 3.89. The summed E-state index contributed by atoms with van der Waals surface area (Å²) < 4.78 is 14.4. The van der Waals surface area contributed by atoms with Crippen LogP contribution >= 0.6 is 15.9 Å². The molecule has 1 aromatic rings. The first-order valence-electron chi connectivity index (χ1n) is 7.77. The Kier molecular flexibility index (Phi) is 6.38. The number of carbonyl (C=O) groups is 2. The summed E-state index contributed by atoms with van der Waals surface area (Å²) in [6.07, 6.45) is 2.31. The molecule has 2 rings (SSSR count). The van der Waals surface area contributed by atoms with Gasteiger partial charge >= 0.3 is 6.03 Å². The van der Waals surface area contributed by atoms with E-state index in [1.807, 2.05) is 6.92 Å². The minimum atomic E-state index is -0.475. The molecule has 0 unspecified atom stereocenters. The van der Waals surface area contributed by atoms with Gasteiger partial charge in [-0.25, -0.2) is 9.18 Å². The van der Waals surface area contributed by atoms with E-state index >= 15 is 0 Å². The topological polar surface area (TPSA) is 61.4 Å². The van der Waals surface area contributed by atoms with E-state index < -0.39 is 5.82 Å². The van der Waals surface area contributed by atoms with Gasteiger partial charge in [-0.1, -0.05) is 22.9 Å². The Labute approximate surface area is 143 Å². The van der Waals surface area contributed by atoms with Crippen LogP contribution in [0.1, 0.15) is 26.2 Å². The lowest BCUT2D eigenvalue weighted by Crippen LogP contribution is -2.45. The highest BCUT2D eigenvalue weighted by atomic mass is 79.9. The number of piperidine rings is 1. The normalized spacial score (nSPS) is 17.7. The number of amides is 3. The average Bonchev–Trinajstić information content (AvgIpc) is 2.55. The largest absolute Gasteiger partial charge is 0.356 e. The summed E-state index contributed by atoms with van der Waals surface area (Å²) in [4.78, 5) is 25.3. The quantitative estimate of drug-likeness (QED) is 0.834. The van der Waals surface area contributed by atoms with Crippen LogP contribution in [0, 0.1) is 11.7 Å². The van der Waals surface area contributed by atoms with Crippen LogP contribution in [-0.2, 0) is 4.79 Å². The van der Waals surface area contributed by atoms with Crippen LogP contribution in [0.4, 0.5) is 14.9 Å². The number of rotatable bonds is 4. The molecule has 23 heavy (non-hydrogen) atoms. The van der Waals surface area contributed by atoms with Crippen molar-refractivity contribution < 1.29 is 14.0 Å². The SMILES string of the molecule is CCC(=O)NC[C@@H]1CCCN(C(=O)Nc2ccc(Br)cc2F)C1. The first-order chi connectivity index (χ1) is 11.0. The Hall–Kier alpha value is -1.63. The van der Waals surface area contributed by atoms with Crippen LogP contribution in [0.15, 0.2) is 22.7 Å². The van der Waals surface area contributed by atoms with Crippen LogP contribution in [0.5, 0.6) is 0 Å². The van der Waals surface area contributed by atoms with Gasteiger partial charge in [0.25, 0.3) is 0 Å². The molecule has 3 amide bonds. The molecule has 1 aliphatic rings. The van der Waals surface area contributed by atoms with Gasteiger partial charge in [0.2, 0.25) is 5.91 Å². The van der Waals surface area contributed by atoms with Crippen LogP contribution in [0.2, 0.25) is 0 Å². The van der Waals surface area contributed by atoms with Gasteiger partial charge in [-0.15, -0.1) is 0 Å². The molecular weight excluding hydrogens is 365 g/mol. The number of likely N-dealkylation sites (tertiary alicyclic amines) is 1. The van der Waals surface area contributed by atoms with E-state index in [2.05, 4.69) is 26.6 Å². The number of halogens is 2. The second-order valence-corrected chi connectivity index (χ2v) is 6.58. The van der Waals surface area contributed by atoms with Crippen LogP contribution in [-0.4, -0.2) is 36.5 Å². The predicted molar refractivity (Wildman–Crippen MR) is 90.7 cm³/mol. The third kappa shape index (κ3) is 5.20. The first kappa shape index (κ1) is 17.7. The smallest absolute Gasteiger partial charge is 0.321 e. The molecule has 5 nitrogen and oxygen atoms in total. The Morgan fingerprint density at radius 2 is 2.22 bits per heavy atom. The Morgan fingerprint density at radius 3 is 2.91 bits per heavy atom. The van der Waals surface area contributed by atoms with Gasteiger partial charge < -0.3 is 15.5 Å². The maximum Gasteiger partial charge on any atom is 0.321 e. The number of hydrogen-bond acceptors (Lipinski definition) is 2. The number of hydrogen-bond donors (Lipinski definition) is 2. The van der Waals surface area contributed by atoms with Crippen LogP contribution in [0.25, 0.3) is 0 Å². The van der Waals surface area contributed by atoms with Gasteiger partial charge in [0.1, 0.15) is 5.82 Å². The molecule has 0 aromatic heterocycles. The van der Waals surface area contributed by atoms with Crippen molar-refractivity contribution in [3.05, 3.63) is 28.5 Å². The lowest BCUT2D eigenvalue weighted by atomic mass is 9.98. The zero-order chi connectivity index (χ0) is 16.8. The summed E-state index contributed by atoms with van der Waals surface area (Å²) in [7, 11) is 0. The molecule has 0 radical (unpaired) electrons. The monoisotopic (exact) mass is 385 g/mol. The molecular formula is C16H21BrFN3O2. The van der Waals surface area contributed by atoms with Gasteiger partial charge in [0.15, 0.2) is 0 Å². The Morgan fingerprint density at radius 1 is 1.43 bits per heavy atom. The molecule has 7 heteroatoms. The number of anilines is 1. The molecule has 1 saturated heterocycles. The van der Waals surface area contributed by atoms with Crippen molar-refractivity contribution in [3.8, 4) is 0 Å². The number of urea groups is 1. The summed E-state index contributed by atoms with van der Waals surface area (Å²) >= 11 is 3.18. The third-order valence-corrected chi connectivity index (χ3v) is 4.38. The van der Waals surface area contributed by atoms with Crippen molar-refractivity contribution >= 4 is 33.6 Å². The van der Waals surface area contributed by atoms with E-state index in [1.54, 1.807) is 11.0 Å². The highest BCUT2D eigenvalue weighted by Crippen LogP contribution is 2.21. The molecule has 2 N–H and O–H groups in total. The van der Waals surface area contributed by atoms with Crippen molar-refractivity contribution in [1.29, 1.82) is 0 Å². The molecule has 1 heterocycles. The van der Waals surface area contributed by atoms with E-state index in [1.165, 1.54) is 12.1 Å². The summed E-state index contributed by atoms with van der Waals surface area (Å²) in [5, 5.41) is 5.47. The van der Waals surface area contributed by atoms with Gasteiger partial charge in [0.05, 0.1) is 5.69 Å². The highest BCUT2D eigenvalue weighted by molar-refractivity contribution is 9.10. The first-order valence-corrected chi connectivity index (χ1v) is 8.56. The van der Waals surface area contributed by atoms with Crippen LogP contribution < -0.4 is 10.6 Å². The van der Waals surface area contributed by atoms with Crippen molar-refractivity contribution in [1.82, 2.24) is 10.2 Å². The maximum absolute atomic E-state index is 13.8. The van der Waals surface area contributed by atoms with E-state index in [-0.39, 0.29) is 23.5 Å². The summed E-state index contributed by atoms with van der Waals surface area (Å²) in [5.41, 5.74) is 0.166. The molecule has 0 saturated carbocycles. The minimum Gasteiger partial charge on any atom is -0.356 e. The van der Waals surface area contributed by atoms with Crippen molar-refractivity contribution in [3.63, 3.8) is 0 Å². The summed E-state index contributed by atoms with van der Waals surface area (Å²) in [6, 6.07) is 4.21. The van der Waals surface area contributed by atoms with Crippen molar-refractivity contribution in [2.75, 3.05) is 25.0 Å². The predicted octanol–water partition coefficient (Wildman–Crippen LogP) is 3.36. The van der Waals surface area contributed by atoms with Gasteiger partial charge in [-0.05, 0) is 37.0 Å². The van der Waals surface area contributed by atoms with Crippen LogP contribution in [0.3, 0.4) is 0 Å². The Bertz CT molecular complexity index is 582. The Balaban J connectivity index is 1.90. The number of benzene rings is 1. The van der Waals surface area contributed by atoms with Gasteiger partial charge in [-0.2, -0.15) is 0 Å². The highest BCUT2D eigenvalue weighted by Gasteiger charge is 2.24. The van der Waals surface area contributed by atoms with E-state index in [0.29, 0.717) is 30.5 Å². The molecule has 1 aliphatic heterocycles. The second-order valence-electron chi connectivity index (χ2n) is 5.67. The van der Waals surface area contributed by atoms with E-state index in [0.717, 1.165) is 12.8 Å². The molecule has 0 bridgehead atoms. The lowest BCUT2D eigenvalue weighted by molar-refractivity contribution is -0.121. The maximum atomic E-state index is 13.8. The average molecular weight is 386 g/mol. The fourth-order valence-corrected chi connectivity index (χ4v) is 2.92. The zero-order valence-electron chi connectivity index (χ0n) is 13.1. The fourth-order valence-electron chi connectivity index (χ4n) is 2.58. The summed E-state index contributed by atoms with van der Waals surface area (Å²) in [5.74, 6) is -0.222. The standard InChI is InChI=1S/C16H21BrFN3O2/c1-2-15(22)19-9-11-4-3-7-21(10-11)16(23)20-14-6-5-12(17)8-13(14)18/h5-6,8,11H,2-4,7,9-10H2,1H3,(H,19,22)(H,20,23)/t11-/m0/s1. The number of nitrogens with one attached hydrogen (secondary N) is 2. The van der Waals surface area contributed by atoms with Gasteiger partial charge in [0, 0.05) is 30.5 Å². The molecule has 0 aliphatic carbocycles.